The summed E-state index contributed by atoms with van der Waals surface area (Å²) in [5, 5.41) is 0. The standard InChI is InChI=1S/C36H43F3O5/c1-4-6-8-10-12-26(3)42-31-22-18-28(19-23-31)27-14-16-29(17-15-27)34(40)43-32-24-20-30(21-25-32)35(41)44-33(36(37,38)39)13-11-9-7-5-2/h14-26,33H,4-13H2,1-3H3. The van der Waals surface area contributed by atoms with Gasteiger partial charge in [0.1, 0.15) is 11.5 Å². The molecule has 0 spiro atoms. The van der Waals surface area contributed by atoms with E-state index < -0.39 is 24.2 Å². The molecule has 2 atom stereocenters. The van der Waals surface area contributed by atoms with Crippen molar-refractivity contribution in [2.45, 2.75) is 103 Å². The minimum absolute atomic E-state index is 0.0604. The van der Waals surface area contributed by atoms with Gasteiger partial charge < -0.3 is 14.2 Å². The van der Waals surface area contributed by atoms with Crippen LogP contribution in [0.4, 0.5) is 13.2 Å². The molecule has 0 saturated heterocycles. The molecule has 0 aromatic heterocycles. The Bertz CT molecular complexity index is 1290. The van der Waals surface area contributed by atoms with Crippen molar-refractivity contribution in [1.29, 1.82) is 0 Å². The van der Waals surface area contributed by atoms with Gasteiger partial charge in [0.25, 0.3) is 0 Å². The molecule has 0 saturated carbocycles. The summed E-state index contributed by atoms with van der Waals surface area (Å²) in [6.45, 7) is 6.25. The molecule has 0 amide bonds. The summed E-state index contributed by atoms with van der Waals surface area (Å²) < 4.78 is 56.3. The summed E-state index contributed by atoms with van der Waals surface area (Å²) in [5.74, 6) is -0.711. The molecule has 238 valence electrons. The van der Waals surface area contributed by atoms with Crippen LogP contribution in [0, 0.1) is 0 Å². The Balaban J connectivity index is 1.52. The van der Waals surface area contributed by atoms with Crippen LogP contribution < -0.4 is 9.47 Å². The van der Waals surface area contributed by atoms with E-state index in [0.717, 1.165) is 42.6 Å². The Kier molecular flexibility index (Phi) is 13.8. The van der Waals surface area contributed by atoms with Crippen molar-refractivity contribution in [2.75, 3.05) is 0 Å². The lowest BCUT2D eigenvalue weighted by atomic mass is 10.0. The number of ether oxygens (including phenoxy) is 3. The van der Waals surface area contributed by atoms with Gasteiger partial charge in [-0.05, 0) is 92.3 Å². The van der Waals surface area contributed by atoms with Crippen LogP contribution in [0.2, 0.25) is 0 Å². The maximum absolute atomic E-state index is 13.4. The third kappa shape index (κ3) is 11.4. The Hall–Kier alpha value is -3.81. The molecule has 3 aromatic carbocycles. The molecule has 0 bridgehead atoms. The van der Waals surface area contributed by atoms with Crippen LogP contribution in [-0.2, 0) is 4.74 Å². The van der Waals surface area contributed by atoms with Gasteiger partial charge >= 0.3 is 18.1 Å². The number of esters is 2. The van der Waals surface area contributed by atoms with Gasteiger partial charge in [-0.1, -0.05) is 76.6 Å². The second-order valence-electron chi connectivity index (χ2n) is 11.1. The van der Waals surface area contributed by atoms with E-state index in [1.165, 1.54) is 43.5 Å². The van der Waals surface area contributed by atoms with Crippen molar-refractivity contribution in [3.8, 4) is 22.6 Å². The number of alkyl halides is 3. The number of hydrogen-bond acceptors (Lipinski definition) is 5. The summed E-state index contributed by atoms with van der Waals surface area (Å²) in [4.78, 5) is 25.1. The highest BCUT2D eigenvalue weighted by atomic mass is 19.4. The maximum atomic E-state index is 13.4. The number of unbranched alkanes of at least 4 members (excludes halogenated alkanes) is 6. The van der Waals surface area contributed by atoms with Gasteiger partial charge in [-0.2, -0.15) is 13.2 Å². The summed E-state index contributed by atoms with van der Waals surface area (Å²) in [6.07, 6.45) is 1.63. The topological polar surface area (TPSA) is 61.8 Å². The van der Waals surface area contributed by atoms with E-state index >= 15 is 0 Å². The lowest BCUT2D eigenvalue weighted by molar-refractivity contribution is -0.206. The van der Waals surface area contributed by atoms with E-state index in [4.69, 9.17) is 14.2 Å². The van der Waals surface area contributed by atoms with Gasteiger partial charge in [-0.15, -0.1) is 0 Å². The molecule has 0 heterocycles. The van der Waals surface area contributed by atoms with Crippen molar-refractivity contribution in [2.24, 2.45) is 0 Å². The zero-order chi connectivity index (χ0) is 32.0. The highest BCUT2D eigenvalue weighted by molar-refractivity contribution is 5.92. The number of rotatable bonds is 17. The largest absolute Gasteiger partial charge is 0.491 e. The monoisotopic (exact) mass is 612 g/mol. The number of carbonyl (C=O) groups is 2. The maximum Gasteiger partial charge on any atom is 0.425 e. The lowest BCUT2D eigenvalue weighted by Gasteiger charge is -2.20. The van der Waals surface area contributed by atoms with Crippen LogP contribution in [0.1, 0.15) is 106 Å². The van der Waals surface area contributed by atoms with E-state index in [2.05, 4.69) is 13.8 Å². The van der Waals surface area contributed by atoms with E-state index in [-0.39, 0.29) is 23.8 Å². The first-order valence-electron chi connectivity index (χ1n) is 15.6. The third-order valence-electron chi connectivity index (χ3n) is 7.34. The van der Waals surface area contributed by atoms with Gasteiger partial charge in [0.2, 0.25) is 0 Å². The number of benzene rings is 3. The Morgan fingerprint density at radius 3 is 1.66 bits per heavy atom. The molecule has 0 radical (unpaired) electrons. The fourth-order valence-corrected chi connectivity index (χ4v) is 4.74. The van der Waals surface area contributed by atoms with E-state index in [1.807, 2.05) is 43.3 Å². The first-order valence-corrected chi connectivity index (χ1v) is 15.6. The molecular formula is C36H43F3O5. The molecule has 0 fully saturated rings. The quantitative estimate of drug-likeness (QED) is 0.0862. The molecule has 0 aliphatic carbocycles. The molecule has 8 heteroatoms. The minimum Gasteiger partial charge on any atom is -0.491 e. The molecular weight excluding hydrogens is 569 g/mol. The van der Waals surface area contributed by atoms with Gasteiger partial charge in [-0.3, -0.25) is 0 Å². The normalized spacial score (nSPS) is 12.8. The van der Waals surface area contributed by atoms with E-state index in [1.54, 1.807) is 12.1 Å². The SMILES string of the molecule is CCCCCCC(C)Oc1ccc(-c2ccc(C(=O)Oc3ccc(C(=O)OC(CCCCCC)C(F)(F)F)cc3)cc2)cc1. The first kappa shape index (κ1) is 34.7. The van der Waals surface area contributed by atoms with E-state index in [0.29, 0.717) is 18.4 Å². The lowest BCUT2D eigenvalue weighted by Crippen LogP contribution is -2.33. The van der Waals surface area contributed by atoms with E-state index in [9.17, 15) is 22.8 Å². The second kappa shape index (κ2) is 17.5. The van der Waals surface area contributed by atoms with Crippen molar-refractivity contribution in [3.05, 3.63) is 83.9 Å². The molecule has 0 aliphatic rings. The molecule has 2 unspecified atom stereocenters. The molecule has 0 aliphatic heterocycles. The Morgan fingerprint density at radius 2 is 1.11 bits per heavy atom. The van der Waals surface area contributed by atoms with Crippen LogP contribution in [0.15, 0.2) is 72.8 Å². The van der Waals surface area contributed by atoms with Gasteiger partial charge in [0, 0.05) is 0 Å². The predicted molar refractivity (Wildman–Crippen MR) is 166 cm³/mol. The molecule has 44 heavy (non-hydrogen) atoms. The summed E-state index contributed by atoms with van der Waals surface area (Å²) >= 11 is 0. The van der Waals surface area contributed by atoms with Crippen LogP contribution >= 0.6 is 0 Å². The van der Waals surface area contributed by atoms with Crippen molar-refractivity contribution in [1.82, 2.24) is 0 Å². The van der Waals surface area contributed by atoms with Crippen LogP contribution in [0.25, 0.3) is 11.1 Å². The Labute approximate surface area is 258 Å². The fourth-order valence-electron chi connectivity index (χ4n) is 4.74. The number of carbonyl (C=O) groups excluding carboxylic acids is 2. The minimum atomic E-state index is -4.64. The number of hydrogen-bond donors (Lipinski definition) is 0. The van der Waals surface area contributed by atoms with Gasteiger partial charge in [0.15, 0.2) is 6.10 Å². The highest BCUT2D eigenvalue weighted by Crippen LogP contribution is 2.29. The van der Waals surface area contributed by atoms with Crippen LogP contribution in [0.5, 0.6) is 11.5 Å². The smallest absolute Gasteiger partial charge is 0.425 e. The zero-order valence-electron chi connectivity index (χ0n) is 25.8. The molecule has 3 rings (SSSR count). The molecule has 3 aromatic rings. The zero-order valence-corrected chi connectivity index (χ0v) is 25.8. The average Bonchev–Trinajstić information content (AvgIpc) is 3.01. The van der Waals surface area contributed by atoms with Crippen LogP contribution in [0.3, 0.4) is 0 Å². The molecule has 0 N–H and O–H groups in total. The third-order valence-corrected chi connectivity index (χ3v) is 7.34. The summed E-state index contributed by atoms with van der Waals surface area (Å²) in [5.41, 5.74) is 2.16. The van der Waals surface area contributed by atoms with Crippen LogP contribution in [-0.4, -0.2) is 30.3 Å². The number of halogens is 3. The molecule has 5 nitrogen and oxygen atoms in total. The highest BCUT2D eigenvalue weighted by Gasteiger charge is 2.42. The predicted octanol–water partition coefficient (Wildman–Crippen LogP) is 10.4. The van der Waals surface area contributed by atoms with Gasteiger partial charge in [-0.25, -0.2) is 9.59 Å². The summed E-state index contributed by atoms with van der Waals surface area (Å²) in [7, 11) is 0. The van der Waals surface area contributed by atoms with Crippen molar-refractivity contribution >= 4 is 11.9 Å². The van der Waals surface area contributed by atoms with Crippen molar-refractivity contribution < 1.29 is 37.0 Å². The van der Waals surface area contributed by atoms with Gasteiger partial charge in [0.05, 0.1) is 17.2 Å². The second-order valence-corrected chi connectivity index (χ2v) is 11.1. The first-order chi connectivity index (χ1) is 21.1. The Morgan fingerprint density at radius 1 is 0.636 bits per heavy atom. The average molecular weight is 613 g/mol. The summed E-state index contributed by atoms with van der Waals surface area (Å²) in [6, 6.07) is 20.0. The fraction of sp³-hybridized carbons (Fsp3) is 0.444. The van der Waals surface area contributed by atoms with Crippen molar-refractivity contribution in [3.63, 3.8) is 0 Å².